The normalized spacial score (nSPS) is 18.0. The summed E-state index contributed by atoms with van der Waals surface area (Å²) in [6.45, 7) is 0.638. The molecule has 0 spiro atoms. The van der Waals surface area contributed by atoms with Crippen molar-refractivity contribution >= 4 is 33.2 Å². The lowest BCUT2D eigenvalue weighted by Crippen LogP contribution is -2.41. The molecule has 0 bridgehead atoms. The van der Waals surface area contributed by atoms with Crippen LogP contribution in [0.2, 0.25) is 0 Å². The van der Waals surface area contributed by atoms with Crippen molar-refractivity contribution in [3.8, 4) is 5.75 Å². The minimum absolute atomic E-state index is 0.0961. The first-order valence-electron chi connectivity index (χ1n) is 9.40. The average molecular weight is 435 g/mol. The zero-order valence-corrected chi connectivity index (χ0v) is 18.3. The highest BCUT2D eigenvalue weighted by Gasteiger charge is 2.33. The number of amides is 1. The van der Waals surface area contributed by atoms with E-state index in [4.69, 9.17) is 4.74 Å². The average Bonchev–Trinajstić information content (AvgIpc) is 3.08. The van der Waals surface area contributed by atoms with Crippen molar-refractivity contribution in [3.05, 3.63) is 54.1 Å². The smallest absolute Gasteiger partial charge is 0.238 e. The first-order chi connectivity index (χ1) is 13.9. The molecule has 0 aromatic heterocycles. The van der Waals surface area contributed by atoms with E-state index < -0.39 is 9.84 Å². The van der Waals surface area contributed by atoms with E-state index in [1.165, 1.54) is 0 Å². The number of hydrogen-bond donors (Lipinski definition) is 1. The summed E-state index contributed by atoms with van der Waals surface area (Å²) in [5.74, 6) is 0.878. The van der Waals surface area contributed by atoms with Gasteiger partial charge in [0.1, 0.15) is 5.75 Å². The summed E-state index contributed by atoms with van der Waals surface area (Å²) in [4.78, 5) is 15.7. The van der Waals surface area contributed by atoms with E-state index in [0.717, 1.165) is 21.9 Å². The number of methoxy groups -OCH3 is 1. The molecule has 1 fully saturated rings. The van der Waals surface area contributed by atoms with Crippen molar-refractivity contribution in [2.45, 2.75) is 23.9 Å². The van der Waals surface area contributed by atoms with Crippen molar-refractivity contribution in [3.63, 3.8) is 0 Å². The summed E-state index contributed by atoms with van der Waals surface area (Å²) in [6.07, 6.45) is 2.55. The fraction of sp³-hybridized carbons (Fsp3) is 0.381. The van der Waals surface area contributed by atoms with Crippen molar-refractivity contribution in [1.29, 1.82) is 0 Å². The van der Waals surface area contributed by atoms with E-state index in [1.54, 1.807) is 18.9 Å². The third kappa shape index (κ3) is 6.22. The zero-order chi connectivity index (χ0) is 20.9. The number of thioether (sulfide) groups is 1. The fourth-order valence-electron chi connectivity index (χ4n) is 3.40. The highest BCUT2D eigenvalue weighted by atomic mass is 32.2. The first kappa shape index (κ1) is 21.7. The molecule has 156 valence electrons. The number of nitrogens with one attached hydrogen (secondary N) is 1. The van der Waals surface area contributed by atoms with Crippen LogP contribution in [0, 0.1) is 0 Å². The van der Waals surface area contributed by atoms with Gasteiger partial charge in [-0.3, -0.25) is 9.69 Å². The number of hydrogen-bond acceptors (Lipinski definition) is 6. The van der Waals surface area contributed by atoms with E-state index >= 15 is 0 Å². The standard InChI is InChI=1S/C21H26N2O4S2/c1-27-19-7-3-16(4-8-19)13-23(18-11-12-29(25,26)15-18)14-21(24)22-17-5-9-20(28-2)10-6-17/h3-10,18H,11-15H2,1-2H3,(H,22,24). The molecule has 1 aliphatic rings. The van der Waals surface area contributed by atoms with Crippen LogP contribution in [-0.4, -0.2) is 56.7 Å². The Kier molecular flexibility index (Phi) is 7.21. The summed E-state index contributed by atoms with van der Waals surface area (Å²) in [7, 11) is -1.43. The Morgan fingerprint density at radius 3 is 2.41 bits per heavy atom. The molecule has 1 N–H and O–H groups in total. The number of sulfone groups is 1. The summed E-state index contributed by atoms with van der Waals surface area (Å²) >= 11 is 1.64. The maximum atomic E-state index is 12.7. The molecular formula is C21H26N2O4S2. The minimum Gasteiger partial charge on any atom is -0.497 e. The number of carbonyl (C=O) groups is 1. The Labute approximate surface area is 176 Å². The molecule has 1 unspecified atom stereocenters. The zero-order valence-electron chi connectivity index (χ0n) is 16.6. The number of anilines is 1. The molecule has 1 atom stereocenters. The van der Waals surface area contributed by atoms with E-state index in [9.17, 15) is 13.2 Å². The van der Waals surface area contributed by atoms with Crippen LogP contribution >= 0.6 is 11.8 Å². The molecule has 8 heteroatoms. The molecule has 1 aliphatic heterocycles. The summed E-state index contributed by atoms with van der Waals surface area (Å²) in [5.41, 5.74) is 1.74. The lowest BCUT2D eigenvalue weighted by molar-refractivity contribution is -0.117. The molecule has 0 saturated carbocycles. The van der Waals surface area contributed by atoms with Crippen molar-refractivity contribution in [2.24, 2.45) is 0 Å². The third-order valence-electron chi connectivity index (χ3n) is 4.99. The van der Waals surface area contributed by atoms with Crippen LogP contribution in [0.25, 0.3) is 0 Å². The van der Waals surface area contributed by atoms with Gasteiger partial charge in [0.05, 0.1) is 25.2 Å². The van der Waals surface area contributed by atoms with Crippen LogP contribution < -0.4 is 10.1 Å². The fourth-order valence-corrected chi connectivity index (χ4v) is 5.57. The Balaban J connectivity index is 1.70. The van der Waals surface area contributed by atoms with Crippen LogP contribution in [0.15, 0.2) is 53.4 Å². The van der Waals surface area contributed by atoms with Crippen LogP contribution in [0.5, 0.6) is 5.75 Å². The van der Waals surface area contributed by atoms with E-state index in [1.807, 2.05) is 59.7 Å². The number of benzene rings is 2. The van der Waals surface area contributed by atoms with Crippen molar-refractivity contribution in [2.75, 3.05) is 36.7 Å². The van der Waals surface area contributed by atoms with Crippen LogP contribution in [0.1, 0.15) is 12.0 Å². The van der Waals surface area contributed by atoms with Crippen molar-refractivity contribution in [1.82, 2.24) is 4.90 Å². The second-order valence-electron chi connectivity index (χ2n) is 7.09. The van der Waals surface area contributed by atoms with Crippen LogP contribution in [-0.2, 0) is 21.2 Å². The molecule has 1 saturated heterocycles. The second-order valence-corrected chi connectivity index (χ2v) is 10.2. The van der Waals surface area contributed by atoms with Gasteiger partial charge in [-0.1, -0.05) is 12.1 Å². The predicted molar refractivity (Wildman–Crippen MR) is 117 cm³/mol. The Bertz CT molecular complexity index is 928. The van der Waals surface area contributed by atoms with Crippen LogP contribution in [0.3, 0.4) is 0 Å². The first-order valence-corrected chi connectivity index (χ1v) is 12.4. The van der Waals surface area contributed by atoms with Gasteiger partial charge in [0.2, 0.25) is 5.91 Å². The lowest BCUT2D eigenvalue weighted by atomic mass is 10.1. The van der Waals surface area contributed by atoms with Gasteiger partial charge in [-0.05, 0) is 54.6 Å². The number of ether oxygens (including phenoxy) is 1. The number of nitrogens with zero attached hydrogens (tertiary/aromatic N) is 1. The van der Waals surface area contributed by atoms with Gasteiger partial charge in [-0.25, -0.2) is 8.42 Å². The van der Waals surface area contributed by atoms with E-state index in [0.29, 0.717) is 13.0 Å². The highest BCUT2D eigenvalue weighted by molar-refractivity contribution is 7.98. The Morgan fingerprint density at radius 1 is 1.17 bits per heavy atom. The third-order valence-corrected chi connectivity index (χ3v) is 7.48. The van der Waals surface area contributed by atoms with Gasteiger partial charge < -0.3 is 10.1 Å². The molecule has 6 nitrogen and oxygen atoms in total. The number of carbonyl (C=O) groups excluding carboxylic acids is 1. The Hall–Kier alpha value is -2.03. The summed E-state index contributed by atoms with van der Waals surface area (Å²) in [6, 6.07) is 15.1. The maximum absolute atomic E-state index is 12.7. The van der Waals surface area contributed by atoms with Gasteiger partial charge >= 0.3 is 0 Å². The summed E-state index contributed by atoms with van der Waals surface area (Å²) < 4.78 is 29.1. The monoisotopic (exact) mass is 434 g/mol. The van der Waals surface area contributed by atoms with Gasteiger partial charge in [0.25, 0.3) is 0 Å². The van der Waals surface area contributed by atoms with E-state index in [-0.39, 0.29) is 30.0 Å². The van der Waals surface area contributed by atoms with Gasteiger partial charge in [-0.2, -0.15) is 0 Å². The topological polar surface area (TPSA) is 75.7 Å². The van der Waals surface area contributed by atoms with E-state index in [2.05, 4.69) is 5.32 Å². The molecule has 1 amide bonds. The molecule has 0 aliphatic carbocycles. The molecule has 0 radical (unpaired) electrons. The molecule has 2 aromatic rings. The van der Waals surface area contributed by atoms with Crippen LogP contribution in [0.4, 0.5) is 5.69 Å². The number of rotatable bonds is 8. The molecule has 2 aromatic carbocycles. The molecule has 29 heavy (non-hydrogen) atoms. The van der Waals surface area contributed by atoms with Gasteiger partial charge in [-0.15, -0.1) is 11.8 Å². The summed E-state index contributed by atoms with van der Waals surface area (Å²) in [5, 5.41) is 2.91. The Morgan fingerprint density at radius 2 is 1.86 bits per heavy atom. The van der Waals surface area contributed by atoms with Gasteiger partial charge in [0.15, 0.2) is 9.84 Å². The maximum Gasteiger partial charge on any atom is 0.238 e. The quantitative estimate of drug-likeness (QED) is 0.644. The van der Waals surface area contributed by atoms with Gasteiger partial charge in [0, 0.05) is 23.2 Å². The largest absolute Gasteiger partial charge is 0.497 e. The SMILES string of the molecule is COc1ccc(CN(CC(=O)Nc2ccc(SC)cc2)C2CCS(=O)(=O)C2)cc1. The minimum atomic E-state index is -3.04. The molecule has 3 rings (SSSR count). The van der Waals surface area contributed by atoms with Crippen molar-refractivity contribution < 1.29 is 17.9 Å². The predicted octanol–water partition coefficient (Wildman–Crippen LogP) is 3.04. The highest BCUT2D eigenvalue weighted by Crippen LogP contribution is 2.22. The second kappa shape index (κ2) is 9.65. The molecular weight excluding hydrogens is 408 g/mol. The molecule has 1 heterocycles. The lowest BCUT2D eigenvalue weighted by Gasteiger charge is -2.27.